The van der Waals surface area contributed by atoms with E-state index < -0.39 is 0 Å². The molecule has 0 bridgehead atoms. The lowest BCUT2D eigenvalue weighted by atomic mass is 10.4. The molecule has 0 spiro atoms. The molecule has 0 heterocycles. The van der Waals surface area contributed by atoms with E-state index in [4.69, 9.17) is 10.5 Å². The minimum Gasteiger partial charge on any atom is -0.384 e. The SMILES string of the molecule is COCCC#CCN. The second-order valence-corrected chi connectivity index (χ2v) is 1.30. The van der Waals surface area contributed by atoms with Crippen LogP contribution < -0.4 is 5.73 Å². The number of nitrogens with two attached hydrogens (primary N) is 1. The number of methoxy groups -OCH3 is 1. The normalized spacial score (nSPS) is 7.75. The first-order valence-electron chi connectivity index (χ1n) is 2.56. The van der Waals surface area contributed by atoms with Crippen molar-refractivity contribution >= 4 is 0 Å². The second kappa shape index (κ2) is 6.48. The minimum atomic E-state index is 0.448. The molecule has 0 rings (SSSR count). The van der Waals surface area contributed by atoms with Crippen molar-refractivity contribution in [2.45, 2.75) is 6.42 Å². The Morgan fingerprint density at radius 1 is 1.50 bits per heavy atom. The van der Waals surface area contributed by atoms with E-state index >= 15 is 0 Å². The van der Waals surface area contributed by atoms with Crippen LogP contribution in [0.1, 0.15) is 6.42 Å². The van der Waals surface area contributed by atoms with E-state index in [1.165, 1.54) is 0 Å². The van der Waals surface area contributed by atoms with Crippen LogP contribution in [-0.2, 0) is 4.74 Å². The smallest absolute Gasteiger partial charge is 0.0571 e. The fourth-order valence-electron chi connectivity index (χ4n) is 0.314. The molecular formula is C6H11NO. The molecule has 46 valence electrons. The van der Waals surface area contributed by atoms with Gasteiger partial charge in [-0.2, -0.15) is 0 Å². The number of hydrogen-bond donors (Lipinski definition) is 1. The summed E-state index contributed by atoms with van der Waals surface area (Å²) in [5.74, 6) is 5.57. The highest BCUT2D eigenvalue weighted by Crippen LogP contribution is 1.73. The molecule has 0 aliphatic rings. The monoisotopic (exact) mass is 113 g/mol. The summed E-state index contributed by atoms with van der Waals surface area (Å²) in [4.78, 5) is 0. The standard InChI is InChI=1S/C6H11NO/c1-8-6-4-2-3-5-7/h4-7H2,1H3. The van der Waals surface area contributed by atoms with Gasteiger partial charge in [-0.25, -0.2) is 0 Å². The van der Waals surface area contributed by atoms with Crippen molar-refractivity contribution in [1.29, 1.82) is 0 Å². The summed E-state index contributed by atoms with van der Waals surface area (Å²) in [6, 6.07) is 0. The van der Waals surface area contributed by atoms with Gasteiger partial charge in [-0.3, -0.25) is 0 Å². The van der Waals surface area contributed by atoms with Crippen LogP contribution in [0.4, 0.5) is 0 Å². The van der Waals surface area contributed by atoms with Gasteiger partial charge in [-0.15, -0.1) is 0 Å². The van der Waals surface area contributed by atoms with Crippen LogP contribution in [0.3, 0.4) is 0 Å². The molecule has 2 heteroatoms. The van der Waals surface area contributed by atoms with E-state index in [0.717, 1.165) is 6.42 Å². The van der Waals surface area contributed by atoms with Crippen LogP contribution in [0.15, 0.2) is 0 Å². The average Bonchev–Trinajstić information content (AvgIpc) is 1.81. The quantitative estimate of drug-likeness (QED) is 0.403. The number of ether oxygens (including phenoxy) is 1. The summed E-state index contributed by atoms with van der Waals surface area (Å²) >= 11 is 0. The van der Waals surface area contributed by atoms with Crippen LogP contribution in [0.5, 0.6) is 0 Å². The zero-order valence-electron chi connectivity index (χ0n) is 5.11. The molecular weight excluding hydrogens is 102 g/mol. The highest BCUT2D eigenvalue weighted by molar-refractivity contribution is 4.99. The molecule has 0 aromatic heterocycles. The fourth-order valence-corrected chi connectivity index (χ4v) is 0.314. The summed E-state index contributed by atoms with van der Waals surface area (Å²) in [6.45, 7) is 1.15. The van der Waals surface area contributed by atoms with E-state index in [9.17, 15) is 0 Å². The molecule has 0 amide bonds. The molecule has 0 saturated heterocycles. The van der Waals surface area contributed by atoms with Gasteiger partial charge >= 0.3 is 0 Å². The molecule has 0 unspecified atom stereocenters. The summed E-state index contributed by atoms with van der Waals surface area (Å²) in [7, 11) is 1.66. The summed E-state index contributed by atoms with van der Waals surface area (Å²) in [5.41, 5.74) is 5.10. The van der Waals surface area contributed by atoms with Gasteiger partial charge in [0.15, 0.2) is 0 Å². The molecule has 8 heavy (non-hydrogen) atoms. The van der Waals surface area contributed by atoms with Crippen molar-refractivity contribution < 1.29 is 4.74 Å². The van der Waals surface area contributed by atoms with Crippen molar-refractivity contribution in [3.8, 4) is 11.8 Å². The van der Waals surface area contributed by atoms with E-state index in [0.29, 0.717) is 13.2 Å². The third-order valence-corrected chi connectivity index (χ3v) is 0.658. The van der Waals surface area contributed by atoms with Crippen LogP contribution >= 0.6 is 0 Å². The Kier molecular flexibility index (Phi) is 6.06. The van der Waals surface area contributed by atoms with Gasteiger partial charge in [0, 0.05) is 13.5 Å². The maximum absolute atomic E-state index is 5.10. The van der Waals surface area contributed by atoms with Gasteiger partial charge in [-0.05, 0) is 0 Å². The molecule has 0 aromatic carbocycles. The minimum absolute atomic E-state index is 0.448. The first-order chi connectivity index (χ1) is 3.91. The Balaban J connectivity index is 2.90. The largest absolute Gasteiger partial charge is 0.384 e. The van der Waals surface area contributed by atoms with Gasteiger partial charge in [0.05, 0.1) is 13.2 Å². The molecule has 0 fully saturated rings. The predicted molar refractivity (Wildman–Crippen MR) is 33.3 cm³/mol. The molecule has 0 aliphatic heterocycles. The summed E-state index contributed by atoms with van der Waals surface area (Å²) < 4.78 is 4.75. The van der Waals surface area contributed by atoms with Gasteiger partial charge in [0.2, 0.25) is 0 Å². The highest BCUT2D eigenvalue weighted by atomic mass is 16.5. The third-order valence-electron chi connectivity index (χ3n) is 0.658. The lowest BCUT2D eigenvalue weighted by Crippen LogP contribution is -1.93. The summed E-state index contributed by atoms with van der Waals surface area (Å²) in [5, 5.41) is 0. The molecule has 0 atom stereocenters. The van der Waals surface area contributed by atoms with E-state index in [2.05, 4.69) is 11.8 Å². The van der Waals surface area contributed by atoms with Crippen molar-refractivity contribution in [2.75, 3.05) is 20.3 Å². The first kappa shape index (κ1) is 7.48. The van der Waals surface area contributed by atoms with Crippen LogP contribution in [0.25, 0.3) is 0 Å². The van der Waals surface area contributed by atoms with Gasteiger partial charge in [0.1, 0.15) is 0 Å². The average molecular weight is 113 g/mol. The van der Waals surface area contributed by atoms with E-state index in [1.807, 2.05) is 0 Å². The Bertz CT molecular complexity index is 90.4. The Labute approximate surface area is 50.0 Å². The maximum atomic E-state index is 5.10. The lowest BCUT2D eigenvalue weighted by Gasteiger charge is -1.85. The molecule has 0 aromatic rings. The first-order valence-corrected chi connectivity index (χ1v) is 2.56. The van der Waals surface area contributed by atoms with Gasteiger partial charge < -0.3 is 10.5 Å². The Hall–Kier alpha value is -0.520. The number of hydrogen-bond acceptors (Lipinski definition) is 2. The predicted octanol–water partition coefficient (Wildman–Crippen LogP) is -0.0150. The lowest BCUT2D eigenvalue weighted by molar-refractivity contribution is 0.206. The van der Waals surface area contributed by atoms with E-state index in [1.54, 1.807) is 7.11 Å². The summed E-state index contributed by atoms with van der Waals surface area (Å²) in [6.07, 6.45) is 0.785. The second-order valence-electron chi connectivity index (χ2n) is 1.30. The zero-order valence-corrected chi connectivity index (χ0v) is 5.11. The van der Waals surface area contributed by atoms with Gasteiger partial charge in [0.25, 0.3) is 0 Å². The van der Waals surface area contributed by atoms with Crippen molar-refractivity contribution in [1.82, 2.24) is 0 Å². The van der Waals surface area contributed by atoms with Gasteiger partial charge in [-0.1, -0.05) is 11.8 Å². The molecule has 0 aliphatic carbocycles. The maximum Gasteiger partial charge on any atom is 0.0571 e. The van der Waals surface area contributed by atoms with Crippen molar-refractivity contribution in [2.24, 2.45) is 5.73 Å². The third kappa shape index (κ3) is 5.48. The fraction of sp³-hybridized carbons (Fsp3) is 0.667. The van der Waals surface area contributed by atoms with Crippen molar-refractivity contribution in [3.05, 3.63) is 0 Å². The van der Waals surface area contributed by atoms with Crippen LogP contribution in [0.2, 0.25) is 0 Å². The molecule has 2 nitrogen and oxygen atoms in total. The molecule has 2 N–H and O–H groups in total. The number of rotatable bonds is 2. The zero-order chi connectivity index (χ0) is 6.24. The molecule has 0 saturated carbocycles. The highest BCUT2D eigenvalue weighted by Gasteiger charge is 1.72. The van der Waals surface area contributed by atoms with Crippen molar-refractivity contribution in [3.63, 3.8) is 0 Å². The molecule has 0 radical (unpaired) electrons. The van der Waals surface area contributed by atoms with Crippen LogP contribution in [0, 0.1) is 11.8 Å². The Morgan fingerprint density at radius 3 is 2.75 bits per heavy atom. The topological polar surface area (TPSA) is 35.2 Å². The van der Waals surface area contributed by atoms with E-state index in [-0.39, 0.29) is 0 Å². The van der Waals surface area contributed by atoms with Crippen LogP contribution in [-0.4, -0.2) is 20.3 Å². The Morgan fingerprint density at radius 2 is 2.25 bits per heavy atom.